The Morgan fingerprint density at radius 2 is 2.10 bits per heavy atom. The number of carbonyl (C=O) groups excluding carboxylic acids is 2. The maximum atomic E-state index is 12.3. The van der Waals surface area contributed by atoms with Crippen LogP contribution in [0.2, 0.25) is 0 Å². The molecule has 114 valence electrons. The number of carbonyl (C=O) groups is 2. The first kappa shape index (κ1) is 15.5. The van der Waals surface area contributed by atoms with Crippen molar-refractivity contribution in [2.24, 2.45) is 0 Å². The molecule has 2 amide bonds. The quantitative estimate of drug-likeness (QED) is 0.839. The summed E-state index contributed by atoms with van der Waals surface area (Å²) in [6.45, 7) is 2.00. The molecule has 1 aromatic rings. The summed E-state index contributed by atoms with van der Waals surface area (Å²) in [5, 5.41) is 12.3. The van der Waals surface area contributed by atoms with Crippen LogP contribution in [0, 0.1) is 0 Å². The summed E-state index contributed by atoms with van der Waals surface area (Å²) in [6, 6.07) is 9.00. The highest BCUT2D eigenvalue weighted by Crippen LogP contribution is 2.17. The molecule has 21 heavy (non-hydrogen) atoms. The molecular weight excluding hydrogens is 268 g/mol. The molecule has 0 saturated carbocycles. The van der Waals surface area contributed by atoms with Crippen molar-refractivity contribution in [2.45, 2.75) is 38.3 Å². The minimum atomic E-state index is -0.396. The number of aliphatic hydroxyl groups is 1. The van der Waals surface area contributed by atoms with Crippen LogP contribution in [0.4, 0.5) is 0 Å². The third-order valence-electron chi connectivity index (χ3n) is 3.85. The number of hydrogen-bond donors (Lipinski definition) is 2. The summed E-state index contributed by atoms with van der Waals surface area (Å²) < 4.78 is 0. The summed E-state index contributed by atoms with van der Waals surface area (Å²) in [4.78, 5) is 25.4. The van der Waals surface area contributed by atoms with E-state index >= 15 is 0 Å². The molecule has 1 heterocycles. The fourth-order valence-corrected chi connectivity index (χ4v) is 2.77. The zero-order valence-electron chi connectivity index (χ0n) is 12.3. The lowest BCUT2D eigenvalue weighted by Gasteiger charge is -2.25. The Labute approximate surface area is 125 Å². The summed E-state index contributed by atoms with van der Waals surface area (Å²) in [5.41, 5.74) is 1.06. The first-order chi connectivity index (χ1) is 10.1. The van der Waals surface area contributed by atoms with Gasteiger partial charge in [0.05, 0.1) is 12.6 Å². The maximum absolute atomic E-state index is 12.3. The zero-order valence-corrected chi connectivity index (χ0v) is 12.3. The van der Waals surface area contributed by atoms with E-state index in [9.17, 15) is 14.7 Å². The summed E-state index contributed by atoms with van der Waals surface area (Å²) in [7, 11) is 0. The molecular formula is C16H22N2O3. The van der Waals surface area contributed by atoms with Crippen LogP contribution in [0.5, 0.6) is 0 Å². The number of benzene rings is 1. The molecule has 1 aliphatic rings. The standard InChI is InChI=1S/C16H22N2O3/c1-12(20)18-9-5-8-15(18)16(21)17-14(11-19)10-13-6-3-2-4-7-13/h2-4,6-7,14-15,19H,5,8-11H2,1H3,(H,17,21). The zero-order chi connectivity index (χ0) is 15.2. The van der Waals surface area contributed by atoms with E-state index < -0.39 is 6.04 Å². The van der Waals surface area contributed by atoms with Gasteiger partial charge in [0.15, 0.2) is 0 Å². The molecule has 0 spiro atoms. The molecule has 2 rings (SSSR count). The smallest absolute Gasteiger partial charge is 0.243 e. The van der Waals surface area contributed by atoms with Crippen molar-refractivity contribution in [3.05, 3.63) is 35.9 Å². The average molecular weight is 290 g/mol. The van der Waals surface area contributed by atoms with Gasteiger partial charge in [-0.1, -0.05) is 30.3 Å². The third-order valence-corrected chi connectivity index (χ3v) is 3.85. The van der Waals surface area contributed by atoms with E-state index in [0.29, 0.717) is 19.4 Å². The van der Waals surface area contributed by atoms with Gasteiger partial charge in [0.2, 0.25) is 11.8 Å². The number of aliphatic hydroxyl groups excluding tert-OH is 1. The SMILES string of the molecule is CC(=O)N1CCCC1C(=O)NC(CO)Cc1ccccc1. The highest BCUT2D eigenvalue weighted by Gasteiger charge is 2.33. The van der Waals surface area contributed by atoms with Crippen molar-refractivity contribution in [2.75, 3.05) is 13.2 Å². The number of amides is 2. The Hall–Kier alpha value is -1.88. The lowest BCUT2D eigenvalue weighted by atomic mass is 10.1. The van der Waals surface area contributed by atoms with Crippen molar-refractivity contribution in [3.63, 3.8) is 0 Å². The highest BCUT2D eigenvalue weighted by atomic mass is 16.3. The fraction of sp³-hybridized carbons (Fsp3) is 0.500. The lowest BCUT2D eigenvalue weighted by molar-refractivity contribution is -0.137. The molecule has 0 aromatic heterocycles. The Balaban J connectivity index is 1.95. The summed E-state index contributed by atoms with van der Waals surface area (Å²) in [5.74, 6) is -0.242. The van der Waals surface area contributed by atoms with Crippen LogP contribution < -0.4 is 5.32 Å². The van der Waals surface area contributed by atoms with Gasteiger partial charge < -0.3 is 15.3 Å². The van der Waals surface area contributed by atoms with Gasteiger partial charge in [-0.2, -0.15) is 0 Å². The second kappa shape index (κ2) is 7.22. The van der Waals surface area contributed by atoms with Crippen molar-refractivity contribution in [1.29, 1.82) is 0 Å². The van der Waals surface area contributed by atoms with Gasteiger partial charge in [-0.15, -0.1) is 0 Å². The first-order valence-corrected chi connectivity index (χ1v) is 7.34. The Kier molecular flexibility index (Phi) is 5.33. The number of rotatable bonds is 5. The van der Waals surface area contributed by atoms with Crippen LogP contribution in [0.3, 0.4) is 0 Å². The lowest BCUT2D eigenvalue weighted by Crippen LogP contribution is -2.49. The Morgan fingerprint density at radius 1 is 1.38 bits per heavy atom. The molecule has 2 N–H and O–H groups in total. The number of nitrogens with one attached hydrogen (secondary N) is 1. The van der Waals surface area contributed by atoms with E-state index in [4.69, 9.17) is 0 Å². The largest absolute Gasteiger partial charge is 0.394 e. The van der Waals surface area contributed by atoms with Gasteiger partial charge in [0, 0.05) is 13.5 Å². The molecule has 0 radical (unpaired) electrons. The number of nitrogens with zero attached hydrogens (tertiary/aromatic N) is 1. The second-order valence-electron chi connectivity index (χ2n) is 5.45. The third kappa shape index (κ3) is 4.04. The molecule has 2 atom stereocenters. The monoisotopic (exact) mass is 290 g/mol. The van der Waals surface area contributed by atoms with Gasteiger partial charge in [0.1, 0.15) is 6.04 Å². The van der Waals surface area contributed by atoms with Gasteiger partial charge in [-0.3, -0.25) is 9.59 Å². The predicted octanol–water partition coefficient (Wildman–Crippen LogP) is 0.717. The van der Waals surface area contributed by atoms with Crippen molar-refractivity contribution < 1.29 is 14.7 Å². The van der Waals surface area contributed by atoms with Gasteiger partial charge >= 0.3 is 0 Å². The fourth-order valence-electron chi connectivity index (χ4n) is 2.77. The maximum Gasteiger partial charge on any atom is 0.243 e. The Morgan fingerprint density at radius 3 is 2.71 bits per heavy atom. The van der Waals surface area contributed by atoms with E-state index in [1.165, 1.54) is 6.92 Å². The normalized spacial score (nSPS) is 19.3. The molecule has 1 aliphatic heterocycles. The molecule has 1 fully saturated rings. The molecule has 2 unspecified atom stereocenters. The van der Waals surface area contributed by atoms with Gasteiger partial charge in [-0.05, 0) is 24.8 Å². The molecule has 0 bridgehead atoms. The van der Waals surface area contributed by atoms with Crippen LogP contribution >= 0.6 is 0 Å². The van der Waals surface area contributed by atoms with Crippen molar-refractivity contribution in [3.8, 4) is 0 Å². The average Bonchev–Trinajstić information content (AvgIpc) is 2.97. The molecule has 1 saturated heterocycles. The summed E-state index contributed by atoms with van der Waals surface area (Å²) in [6.07, 6.45) is 2.12. The van der Waals surface area contributed by atoms with E-state index in [1.54, 1.807) is 4.90 Å². The van der Waals surface area contributed by atoms with E-state index in [-0.39, 0.29) is 24.5 Å². The molecule has 5 nitrogen and oxygen atoms in total. The molecule has 0 aliphatic carbocycles. The Bertz CT molecular complexity index is 490. The summed E-state index contributed by atoms with van der Waals surface area (Å²) >= 11 is 0. The van der Waals surface area contributed by atoms with Crippen molar-refractivity contribution >= 4 is 11.8 Å². The molecule has 5 heteroatoms. The first-order valence-electron chi connectivity index (χ1n) is 7.34. The predicted molar refractivity (Wildman–Crippen MR) is 79.6 cm³/mol. The van der Waals surface area contributed by atoms with Crippen LogP contribution in [0.1, 0.15) is 25.3 Å². The topological polar surface area (TPSA) is 69.6 Å². The second-order valence-corrected chi connectivity index (χ2v) is 5.45. The van der Waals surface area contributed by atoms with Crippen LogP contribution in [-0.4, -0.2) is 47.1 Å². The van der Waals surface area contributed by atoms with Gasteiger partial charge in [-0.25, -0.2) is 0 Å². The van der Waals surface area contributed by atoms with E-state index in [0.717, 1.165) is 12.0 Å². The van der Waals surface area contributed by atoms with Gasteiger partial charge in [0.25, 0.3) is 0 Å². The van der Waals surface area contributed by atoms with Crippen LogP contribution in [0.15, 0.2) is 30.3 Å². The van der Waals surface area contributed by atoms with Crippen LogP contribution in [0.25, 0.3) is 0 Å². The van der Waals surface area contributed by atoms with Crippen LogP contribution in [-0.2, 0) is 16.0 Å². The minimum Gasteiger partial charge on any atom is -0.394 e. The number of likely N-dealkylation sites (tertiary alicyclic amines) is 1. The number of hydrogen-bond acceptors (Lipinski definition) is 3. The highest BCUT2D eigenvalue weighted by molar-refractivity contribution is 5.87. The van der Waals surface area contributed by atoms with E-state index in [2.05, 4.69) is 5.32 Å². The molecule has 1 aromatic carbocycles. The minimum absolute atomic E-state index is 0.0729. The van der Waals surface area contributed by atoms with E-state index in [1.807, 2.05) is 30.3 Å². The van der Waals surface area contributed by atoms with Crippen molar-refractivity contribution in [1.82, 2.24) is 10.2 Å².